The molecule has 1 atom stereocenters. The Morgan fingerprint density at radius 3 is 2.83 bits per heavy atom. The lowest BCUT2D eigenvalue weighted by Gasteiger charge is -2.11. The summed E-state index contributed by atoms with van der Waals surface area (Å²) >= 11 is 0. The summed E-state index contributed by atoms with van der Waals surface area (Å²) in [5.41, 5.74) is 0. The Morgan fingerprint density at radius 1 is 1.50 bits per heavy atom. The van der Waals surface area contributed by atoms with Crippen molar-refractivity contribution >= 4 is 11.7 Å². The molecule has 1 heterocycles. The molecule has 0 radical (unpaired) electrons. The maximum atomic E-state index is 11.5. The monoisotopic (exact) mass is 251 g/mol. The second-order valence-electron chi connectivity index (χ2n) is 4.14. The van der Waals surface area contributed by atoms with Crippen LogP contribution in [0, 0.1) is 0 Å². The highest BCUT2D eigenvalue weighted by molar-refractivity contribution is 5.76. The van der Waals surface area contributed by atoms with Gasteiger partial charge in [-0.1, -0.05) is 6.92 Å². The van der Waals surface area contributed by atoms with Crippen LogP contribution >= 0.6 is 0 Å². The van der Waals surface area contributed by atoms with Crippen molar-refractivity contribution in [1.82, 2.24) is 10.3 Å². The van der Waals surface area contributed by atoms with Crippen LogP contribution in [0.1, 0.15) is 26.7 Å². The van der Waals surface area contributed by atoms with E-state index in [-0.39, 0.29) is 11.9 Å². The molecule has 0 saturated heterocycles. The molecule has 100 valence electrons. The van der Waals surface area contributed by atoms with E-state index >= 15 is 0 Å². The predicted octanol–water partition coefficient (Wildman–Crippen LogP) is 1.81. The number of pyridine rings is 1. The third kappa shape index (κ3) is 5.03. The van der Waals surface area contributed by atoms with E-state index in [1.54, 1.807) is 13.3 Å². The molecule has 1 rings (SSSR count). The molecule has 18 heavy (non-hydrogen) atoms. The number of carbonyl (C=O) groups excluding carboxylic acids is 1. The molecule has 0 aliphatic carbocycles. The minimum absolute atomic E-state index is 0.0605. The Bertz CT molecular complexity index is 365. The van der Waals surface area contributed by atoms with Crippen molar-refractivity contribution in [2.45, 2.75) is 32.7 Å². The van der Waals surface area contributed by atoms with E-state index in [4.69, 9.17) is 4.74 Å². The Balaban J connectivity index is 2.26. The van der Waals surface area contributed by atoms with Crippen LogP contribution in [-0.2, 0) is 4.79 Å². The van der Waals surface area contributed by atoms with Crippen molar-refractivity contribution in [2.75, 3.05) is 19.0 Å². The lowest BCUT2D eigenvalue weighted by molar-refractivity contribution is -0.121. The number of nitrogens with zero attached hydrogens (tertiary/aromatic N) is 1. The first-order valence-electron chi connectivity index (χ1n) is 6.19. The normalized spacial score (nSPS) is 11.7. The van der Waals surface area contributed by atoms with Gasteiger partial charge >= 0.3 is 0 Å². The Kier molecular flexibility index (Phi) is 5.97. The molecule has 2 N–H and O–H groups in total. The SMILES string of the molecule is CCC(C)NC(=O)CCNc1ccc(OC)cn1. The molecule has 0 spiro atoms. The summed E-state index contributed by atoms with van der Waals surface area (Å²) in [4.78, 5) is 15.7. The zero-order valence-electron chi connectivity index (χ0n) is 11.2. The zero-order valence-corrected chi connectivity index (χ0v) is 11.2. The van der Waals surface area contributed by atoms with Gasteiger partial charge in [-0.3, -0.25) is 4.79 Å². The number of hydrogen-bond acceptors (Lipinski definition) is 4. The van der Waals surface area contributed by atoms with Gasteiger partial charge in [0.05, 0.1) is 13.3 Å². The fourth-order valence-electron chi connectivity index (χ4n) is 1.36. The quantitative estimate of drug-likeness (QED) is 0.775. The molecule has 0 bridgehead atoms. The van der Waals surface area contributed by atoms with E-state index in [1.165, 1.54) is 0 Å². The smallest absolute Gasteiger partial charge is 0.221 e. The summed E-state index contributed by atoms with van der Waals surface area (Å²) in [6.07, 6.45) is 3.03. The molecular formula is C13H21N3O2. The third-order valence-electron chi connectivity index (χ3n) is 2.65. The Hall–Kier alpha value is -1.78. The van der Waals surface area contributed by atoms with E-state index in [0.717, 1.165) is 18.0 Å². The third-order valence-corrected chi connectivity index (χ3v) is 2.65. The van der Waals surface area contributed by atoms with Gasteiger partial charge in [-0.15, -0.1) is 0 Å². The van der Waals surface area contributed by atoms with Gasteiger partial charge < -0.3 is 15.4 Å². The van der Waals surface area contributed by atoms with Crippen molar-refractivity contribution in [3.63, 3.8) is 0 Å². The Labute approximate surface area is 108 Å². The van der Waals surface area contributed by atoms with Crippen molar-refractivity contribution < 1.29 is 9.53 Å². The number of ether oxygens (including phenoxy) is 1. The molecule has 1 aromatic rings. The first kappa shape index (κ1) is 14.3. The fraction of sp³-hybridized carbons (Fsp3) is 0.538. The number of amides is 1. The number of hydrogen-bond donors (Lipinski definition) is 2. The second-order valence-corrected chi connectivity index (χ2v) is 4.14. The fourth-order valence-corrected chi connectivity index (χ4v) is 1.36. The Morgan fingerprint density at radius 2 is 2.28 bits per heavy atom. The van der Waals surface area contributed by atoms with E-state index in [1.807, 2.05) is 26.0 Å². The average molecular weight is 251 g/mol. The van der Waals surface area contributed by atoms with E-state index < -0.39 is 0 Å². The van der Waals surface area contributed by atoms with Crippen LogP contribution in [0.3, 0.4) is 0 Å². The standard InChI is InChI=1S/C13H21N3O2/c1-4-10(2)16-13(17)7-8-14-12-6-5-11(18-3)9-15-12/h5-6,9-10H,4,7-8H2,1-3H3,(H,14,15)(H,16,17). The lowest BCUT2D eigenvalue weighted by Crippen LogP contribution is -2.32. The average Bonchev–Trinajstić information content (AvgIpc) is 2.39. The van der Waals surface area contributed by atoms with Gasteiger partial charge in [0, 0.05) is 19.0 Å². The summed E-state index contributed by atoms with van der Waals surface area (Å²) in [6.45, 7) is 4.61. The van der Waals surface area contributed by atoms with Crippen LogP contribution in [0.2, 0.25) is 0 Å². The highest BCUT2D eigenvalue weighted by atomic mass is 16.5. The van der Waals surface area contributed by atoms with Gasteiger partial charge in [0.2, 0.25) is 5.91 Å². The van der Waals surface area contributed by atoms with Crippen molar-refractivity contribution in [2.24, 2.45) is 0 Å². The number of anilines is 1. The topological polar surface area (TPSA) is 63.2 Å². The summed E-state index contributed by atoms with van der Waals surface area (Å²) in [7, 11) is 1.60. The van der Waals surface area contributed by atoms with Gasteiger partial charge in [0.25, 0.3) is 0 Å². The molecule has 0 aliphatic rings. The maximum absolute atomic E-state index is 11.5. The van der Waals surface area contributed by atoms with Crippen LogP contribution < -0.4 is 15.4 Å². The molecule has 5 nitrogen and oxygen atoms in total. The number of carbonyl (C=O) groups is 1. The van der Waals surface area contributed by atoms with Crippen LogP contribution in [0.5, 0.6) is 5.75 Å². The molecule has 0 fully saturated rings. The van der Waals surface area contributed by atoms with Gasteiger partial charge in [-0.2, -0.15) is 0 Å². The molecule has 0 aromatic carbocycles. The zero-order chi connectivity index (χ0) is 13.4. The van der Waals surface area contributed by atoms with Gasteiger partial charge in [-0.25, -0.2) is 4.98 Å². The molecule has 1 amide bonds. The minimum Gasteiger partial charge on any atom is -0.495 e. The predicted molar refractivity (Wildman–Crippen MR) is 71.8 cm³/mol. The summed E-state index contributed by atoms with van der Waals surface area (Å²) in [6, 6.07) is 3.89. The van der Waals surface area contributed by atoms with Crippen molar-refractivity contribution in [1.29, 1.82) is 0 Å². The van der Waals surface area contributed by atoms with Crippen molar-refractivity contribution in [3.05, 3.63) is 18.3 Å². The summed E-state index contributed by atoms with van der Waals surface area (Å²) < 4.78 is 5.01. The first-order chi connectivity index (χ1) is 8.65. The van der Waals surface area contributed by atoms with E-state index in [0.29, 0.717) is 13.0 Å². The summed E-state index contributed by atoms with van der Waals surface area (Å²) in [5, 5.41) is 6.01. The molecule has 1 unspecified atom stereocenters. The summed E-state index contributed by atoms with van der Waals surface area (Å²) in [5.74, 6) is 1.52. The van der Waals surface area contributed by atoms with Gasteiger partial charge in [0.15, 0.2) is 0 Å². The van der Waals surface area contributed by atoms with Crippen LogP contribution in [-0.4, -0.2) is 30.6 Å². The van der Waals surface area contributed by atoms with E-state index in [2.05, 4.69) is 15.6 Å². The van der Waals surface area contributed by atoms with Gasteiger partial charge in [0.1, 0.15) is 11.6 Å². The number of methoxy groups -OCH3 is 1. The molecule has 0 aliphatic heterocycles. The van der Waals surface area contributed by atoms with E-state index in [9.17, 15) is 4.79 Å². The number of aromatic nitrogens is 1. The van der Waals surface area contributed by atoms with Crippen LogP contribution in [0.25, 0.3) is 0 Å². The highest BCUT2D eigenvalue weighted by Crippen LogP contribution is 2.10. The highest BCUT2D eigenvalue weighted by Gasteiger charge is 2.04. The lowest BCUT2D eigenvalue weighted by atomic mass is 10.2. The largest absolute Gasteiger partial charge is 0.495 e. The number of nitrogens with one attached hydrogen (secondary N) is 2. The second kappa shape index (κ2) is 7.53. The minimum atomic E-state index is 0.0605. The van der Waals surface area contributed by atoms with Crippen LogP contribution in [0.4, 0.5) is 5.82 Å². The molecule has 5 heteroatoms. The first-order valence-corrected chi connectivity index (χ1v) is 6.19. The molecule has 1 aromatic heterocycles. The number of rotatable bonds is 7. The van der Waals surface area contributed by atoms with Crippen LogP contribution in [0.15, 0.2) is 18.3 Å². The molecule has 0 saturated carbocycles. The molecular weight excluding hydrogens is 230 g/mol. The van der Waals surface area contributed by atoms with Gasteiger partial charge in [-0.05, 0) is 25.5 Å². The maximum Gasteiger partial charge on any atom is 0.221 e. The van der Waals surface area contributed by atoms with Crippen molar-refractivity contribution in [3.8, 4) is 5.75 Å².